The number of aryl methyl sites for hydroxylation is 1. The maximum atomic E-state index is 14.5. The summed E-state index contributed by atoms with van der Waals surface area (Å²) in [6.45, 7) is 9.52. The first-order chi connectivity index (χ1) is 20.9. The molecule has 2 unspecified atom stereocenters. The van der Waals surface area contributed by atoms with Gasteiger partial charge in [-0.2, -0.15) is 0 Å². The SMILES string of the molecule is CCCCCN(C(=O)C(Cc1ccc(O)cc1)NC(=O)OC(C)(C)C)C(C(=O)NCc1ccccc1)c1ccc(O)c(C)c1. The van der Waals surface area contributed by atoms with Crippen LogP contribution in [0.15, 0.2) is 72.8 Å². The smallest absolute Gasteiger partial charge is 0.408 e. The van der Waals surface area contributed by atoms with Gasteiger partial charge in [-0.25, -0.2) is 4.79 Å². The molecule has 236 valence electrons. The van der Waals surface area contributed by atoms with E-state index in [0.29, 0.717) is 23.1 Å². The van der Waals surface area contributed by atoms with Crippen molar-refractivity contribution in [1.82, 2.24) is 15.5 Å². The minimum absolute atomic E-state index is 0.0794. The van der Waals surface area contributed by atoms with Crippen molar-refractivity contribution in [3.8, 4) is 11.5 Å². The third kappa shape index (κ3) is 10.3. The Morgan fingerprint density at radius 1 is 0.909 bits per heavy atom. The van der Waals surface area contributed by atoms with Gasteiger partial charge in [0.05, 0.1) is 0 Å². The standard InChI is InChI=1S/C35H45N3O6/c1-6-7-11-20-38(33(42)29(37-34(43)44-35(3,4)5)22-25-14-17-28(39)18-15-25)31(27-16-19-30(40)24(2)21-27)32(41)36-23-26-12-9-8-10-13-26/h8-10,12-19,21,29,31,39-40H,6-7,11,20,22-23H2,1-5H3,(H,36,41)(H,37,43). The molecule has 9 nitrogen and oxygen atoms in total. The number of hydrogen-bond acceptors (Lipinski definition) is 6. The largest absolute Gasteiger partial charge is 0.508 e. The number of hydrogen-bond donors (Lipinski definition) is 4. The monoisotopic (exact) mass is 603 g/mol. The molecule has 0 aromatic heterocycles. The lowest BCUT2D eigenvalue weighted by molar-refractivity contribution is -0.142. The molecule has 0 heterocycles. The second kappa shape index (κ2) is 15.8. The van der Waals surface area contributed by atoms with E-state index in [0.717, 1.165) is 18.4 Å². The van der Waals surface area contributed by atoms with Crippen LogP contribution in [0.4, 0.5) is 4.79 Å². The zero-order chi connectivity index (χ0) is 32.3. The molecule has 0 aliphatic rings. The normalized spacial score (nSPS) is 12.6. The van der Waals surface area contributed by atoms with Crippen molar-refractivity contribution in [3.05, 3.63) is 95.1 Å². The predicted octanol–water partition coefficient (Wildman–Crippen LogP) is 5.92. The number of amides is 3. The summed E-state index contributed by atoms with van der Waals surface area (Å²) in [5.74, 6) is -0.677. The van der Waals surface area contributed by atoms with Gasteiger partial charge in [0.15, 0.2) is 0 Å². The minimum atomic E-state index is -1.07. The fraction of sp³-hybridized carbons (Fsp3) is 0.400. The predicted molar refractivity (Wildman–Crippen MR) is 170 cm³/mol. The Balaban J connectivity index is 2.05. The number of phenols is 2. The molecule has 0 bridgehead atoms. The van der Waals surface area contributed by atoms with E-state index < -0.39 is 29.7 Å². The summed E-state index contributed by atoms with van der Waals surface area (Å²) >= 11 is 0. The molecular weight excluding hydrogens is 558 g/mol. The highest BCUT2D eigenvalue weighted by molar-refractivity contribution is 5.92. The van der Waals surface area contributed by atoms with Gasteiger partial charge in [-0.05, 0) is 80.6 Å². The van der Waals surface area contributed by atoms with Crippen LogP contribution in [0.1, 0.15) is 75.3 Å². The summed E-state index contributed by atoms with van der Waals surface area (Å²) in [6.07, 6.45) is 1.72. The first-order valence-electron chi connectivity index (χ1n) is 15.1. The molecule has 0 spiro atoms. The van der Waals surface area contributed by atoms with Gasteiger partial charge < -0.3 is 30.5 Å². The van der Waals surface area contributed by atoms with Gasteiger partial charge in [-0.15, -0.1) is 0 Å². The molecule has 3 rings (SSSR count). The second-order valence-corrected chi connectivity index (χ2v) is 12.0. The first kappa shape index (κ1) is 34.0. The average molecular weight is 604 g/mol. The summed E-state index contributed by atoms with van der Waals surface area (Å²) in [6, 6.07) is 18.6. The Kier molecular flexibility index (Phi) is 12.2. The number of alkyl carbamates (subject to hydrolysis) is 1. The van der Waals surface area contributed by atoms with E-state index in [4.69, 9.17) is 4.74 Å². The third-order valence-electron chi connectivity index (χ3n) is 7.06. The van der Waals surface area contributed by atoms with E-state index in [1.807, 2.05) is 30.3 Å². The van der Waals surface area contributed by atoms with Gasteiger partial charge in [0.1, 0.15) is 29.2 Å². The minimum Gasteiger partial charge on any atom is -0.508 e. The number of carbonyl (C=O) groups is 3. The molecule has 0 aliphatic carbocycles. The van der Waals surface area contributed by atoms with E-state index in [1.165, 1.54) is 23.1 Å². The van der Waals surface area contributed by atoms with Crippen molar-refractivity contribution in [2.75, 3.05) is 6.54 Å². The Morgan fingerprint density at radius 3 is 2.20 bits per heavy atom. The maximum absolute atomic E-state index is 14.5. The maximum Gasteiger partial charge on any atom is 0.408 e. The van der Waals surface area contributed by atoms with Gasteiger partial charge in [-0.1, -0.05) is 68.3 Å². The van der Waals surface area contributed by atoms with Crippen molar-refractivity contribution in [2.24, 2.45) is 0 Å². The molecule has 2 atom stereocenters. The molecule has 0 fully saturated rings. The number of rotatable bonds is 13. The summed E-state index contributed by atoms with van der Waals surface area (Å²) in [5, 5.41) is 25.8. The van der Waals surface area contributed by atoms with Gasteiger partial charge >= 0.3 is 6.09 Å². The lowest BCUT2D eigenvalue weighted by atomic mass is 9.98. The molecule has 9 heteroatoms. The molecule has 0 saturated heterocycles. The Hall–Kier alpha value is -4.53. The molecule has 4 N–H and O–H groups in total. The van der Waals surface area contributed by atoms with Gasteiger partial charge in [0.2, 0.25) is 11.8 Å². The number of aromatic hydroxyl groups is 2. The highest BCUT2D eigenvalue weighted by atomic mass is 16.6. The molecular formula is C35H45N3O6. The number of carbonyl (C=O) groups excluding carboxylic acids is 3. The zero-order valence-electron chi connectivity index (χ0n) is 26.3. The van der Waals surface area contributed by atoms with Gasteiger partial charge in [-0.3, -0.25) is 9.59 Å². The van der Waals surface area contributed by atoms with E-state index >= 15 is 0 Å². The van der Waals surface area contributed by atoms with Crippen molar-refractivity contribution < 1.29 is 29.3 Å². The van der Waals surface area contributed by atoms with Crippen LogP contribution in [0, 0.1) is 6.92 Å². The molecule has 44 heavy (non-hydrogen) atoms. The second-order valence-electron chi connectivity index (χ2n) is 12.0. The molecule has 3 amide bonds. The number of unbranched alkanes of at least 4 members (excludes halogenated alkanes) is 2. The van der Waals surface area contributed by atoms with Gasteiger partial charge in [0.25, 0.3) is 0 Å². The van der Waals surface area contributed by atoms with E-state index in [9.17, 15) is 24.6 Å². The Labute approximate surface area is 260 Å². The van der Waals surface area contributed by atoms with Crippen LogP contribution >= 0.6 is 0 Å². The lowest BCUT2D eigenvalue weighted by Gasteiger charge is -2.35. The number of nitrogens with one attached hydrogen (secondary N) is 2. The van der Waals surface area contributed by atoms with Crippen LogP contribution in [0.5, 0.6) is 11.5 Å². The topological polar surface area (TPSA) is 128 Å². The third-order valence-corrected chi connectivity index (χ3v) is 7.06. The van der Waals surface area contributed by atoms with Crippen LogP contribution in [-0.4, -0.2) is 51.2 Å². The zero-order valence-corrected chi connectivity index (χ0v) is 26.3. The number of phenolic OH excluding ortho intramolecular Hbond substituents is 2. The lowest BCUT2D eigenvalue weighted by Crippen LogP contribution is -2.54. The summed E-state index contributed by atoms with van der Waals surface area (Å²) in [4.78, 5) is 43.0. The summed E-state index contributed by atoms with van der Waals surface area (Å²) < 4.78 is 5.49. The number of ether oxygens (including phenoxy) is 1. The number of nitrogens with zero attached hydrogens (tertiary/aromatic N) is 1. The van der Waals surface area contributed by atoms with E-state index in [-0.39, 0.29) is 36.9 Å². The Morgan fingerprint density at radius 2 is 1.59 bits per heavy atom. The van der Waals surface area contributed by atoms with Crippen molar-refractivity contribution in [2.45, 2.75) is 84.5 Å². The molecule has 0 aliphatic heterocycles. The number of benzene rings is 3. The average Bonchev–Trinajstić information content (AvgIpc) is 2.97. The molecule has 3 aromatic rings. The van der Waals surface area contributed by atoms with Crippen LogP contribution in [0.25, 0.3) is 0 Å². The van der Waals surface area contributed by atoms with Crippen LogP contribution < -0.4 is 10.6 Å². The first-order valence-corrected chi connectivity index (χ1v) is 15.1. The fourth-order valence-corrected chi connectivity index (χ4v) is 4.82. The van der Waals surface area contributed by atoms with E-state index in [2.05, 4.69) is 17.6 Å². The Bertz CT molecular complexity index is 1390. The fourth-order valence-electron chi connectivity index (χ4n) is 4.82. The van der Waals surface area contributed by atoms with Crippen LogP contribution in [0.3, 0.4) is 0 Å². The van der Waals surface area contributed by atoms with Crippen LogP contribution in [-0.2, 0) is 27.3 Å². The molecule has 3 aromatic carbocycles. The van der Waals surface area contributed by atoms with Crippen molar-refractivity contribution in [1.29, 1.82) is 0 Å². The molecule has 0 radical (unpaired) electrons. The van der Waals surface area contributed by atoms with Crippen LogP contribution in [0.2, 0.25) is 0 Å². The van der Waals surface area contributed by atoms with Crippen molar-refractivity contribution in [3.63, 3.8) is 0 Å². The van der Waals surface area contributed by atoms with Crippen molar-refractivity contribution >= 4 is 17.9 Å². The highest BCUT2D eigenvalue weighted by Gasteiger charge is 2.36. The molecule has 0 saturated carbocycles. The quantitative estimate of drug-likeness (QED) is 0.180. The summed E-state index contributed by atoms with van der Waals surface area (Å²) in [7, 11) is 0. The van der Waals surface area contributed by atoms with Gasteiger partial charge in [0, 0.05) is 19.5 Å². The highest BCUT2D eigenvalue weighted by Crippen LogP contribution is 2.28. The van der Waals surface area contributed by atoms with E-state index in [1.54, 1.807) is 52.0 Å². The summed E-state index contributed by atoms with van der Waals surface area (Å²) in [5.41, 5.74) is 1.92.